The van der Waals surface area contributed by atoms with Gasteiger partial charge in [0, 0.05) is 23.0 Å². The molecule has 4 nitrogen and oxygen atoms in total. The molecule has 2 aromatic carbocycles. The van der Waals surface area contributed by atoms with Gasteiger partial charge in [0.15, 0.2) is 0 Å². The molecule has 5 heteroatoms. The van der Waals surface area contributed by atoms with Crippen LogP contribution in [0.2, 0.25) is 0 Å². The fourth-order valence-corrected chi connectivity index (χ4v) is 2.69. The second-order valence-electron chi connectivity index (χ2n) is 5.59. The van der Waals surface area contributed by atoms with E-state index in [0.29, 0.717) is 0 Å². The lowest BCUT2D eigenvalue weighted by Crippen LogP contribution is -2.34. The van der Waals surface area contributed by atoms with Gasteiger partial charge in [-0.05, 0) is 56.3 Å². The summed E-state index contributed by atoms with van der Waals surface area (Å²) in [5.41, 5.74) is 2.84. The molecule has 122 valence electrons. The average Bonchev–Trinajstić information content (AvgIpc) is 2.57. The molecule has 1 saturated heterocycles. The highest BCUT2D eigenvalue weighted by molar-refractivity contribution is 5.93. The van der Waals surface area contributed by atoms with Gasteiger partial charge in [-0.15, -0.1) is 12.4 Å². The summed E-state index contributed by atoms with van der Waals surface area (Å²) in [5.74, 6) is 0.241. The molecular formula is C18H22ClN3O. The Hall–Kier alpha value is -2.04. The average molecular weight is 332 g/mol. The molecule has 0 saturated carbocycles. The molecule has 1 aliphatic heterocycles. The minimum atomic E-state index is 0. The quantitative estimate of drug-likeness (QED) is 0.799. The molecular weight excluding hydrogens is 310 g/mol. The van der Waals surface area contributed by atoms with Crippen LogP contribution in [0.1, 0.15) is 12.8 Å². The molecule has 0 unspecified atom stereocenters. The highest BCUT2D eigenvalue weighted by Gasteiger charge is 2.20. The van der Waals surface area contributed by atoms with E-state index in [1.807, 2.05) is 54.6 Å². The second-order valence-corrected chi connectivity index (χ2v) is 5.59. The van der Waals surface area contributed by atoms with Gasteiger partial charge in [-0.3, -0.25) is 4.79 Å². The number of rotatable bonds is 4. The fourth-order valence-electron chi connectivity index (χ4n) is 2.69. The Morgan fingerprint density at radius 1 is 0.913 bits per heavy atom. The zero-order valence-electron chi connectivity index (χ0n) is 12.9. The van der Waals surface area contributed by atoms with Crippen LogP contribution >= 0.6 is 12.4 Å². The van der Waals surface area contributed by atoms with Gasteiger partial charge in [-0.25, -0.2) is 0 Å². The first-order valence-electron chi connectivity index (χ1n) is 7.75. The van der Waals surface area contributed by atoms with Crippen molar-refractivity contribution in [1.82, 2.24) is 5.32 Å². The standard InChI is InChI=1S/C18H21N3O.ClH/c22-18(14-9-11-19-12-10-14)21-17-8-4-7-16(13-17)20-15-5-2-1-3-6-15;/h1-8,13-14,19-20H,9-12H2,(H,21,22);1H. The molecule has 2 aromatic rings. The van der Waals surface area contributed by atoms with Crippen LogP contribution in [0, 0.1) is 5.92 Å². The molecule has 1 fully saturated rings. The first kappa shape index (κ1) is 17.3. The third kappa shape index (κ3) is 4.98. The van der Waals surface area contributed by atoms with Gasteiger partial charge in [0.2, 0.25) is 5.91 Å². The third-order valence-electron chi connectivity index (χ3n) is 3.90. The van der Waals surface area contributed by atoms with Gasteiger partial charge < -0.3 is 16.0 Å². The molecule has 0 spiro atoms. The SMILES string of the molecule is Cl.O=C(Nc1cccc(Nc2ccccc2)c1)C1CCNCC1. The molecule has 0 bridgehead atoms. The van der Waals surface area contributed by atoms with Crippen molar-refractivity contribution in [2.75, 3.05) is 23.7 Å². The number of hydrogen-bond acceptors (Lipinski definition) is 3. The van der Waals surface area contributed by atoms with Crippen molar-refractivity contribution >= 4 is 35.4 Å². The summed E-state index contributed by atoms with van der Waals surface area (Å²) in [4.78, 5) is 12.3. The molecule has 0 aliphatic carbocycles. The van der Waals surface area contributed by atoms with Crippen LogP contribution in [0.15, 0.2) is 54.6 Å². The van der Waals surface area contributed by atoms with Crippen molar-refractivity contribution in [3.05, 3.63) is 54.6 Å². The summed E-state index contributed by atoms with van der Waals surface area (Å²) in [6, 6.07) is 17.8. The zero-order valence-corrected chi connectivity index (χ0v) is 13.7. The summed E-state index contributed by atoms with van der Waals surface area (Å²) in [6.07, 6.45) is 1.82. The molecule has 0 aromatic heterocycles. The van der Waals surface area contributed by atoms with Crippen molar-refractivity contribution in [2.45, 2.75) is 12.8 Å². The molecule has 1 aliphatic rings. The van der Waals surface area contributed by atoms with Crippen LogP contribution in [0.3, 0.4) is 0 Å². The van der Waals surface area contributed by atoms with E-state index in [1.54, 1.807) is 0 Å². The summed E-state index contributed by atoms with van der Waals surface area (Å²) in [7, 11) is 0. The largest absolute Gasteiger partial charge is 0.355 e. The van der Waals surface area contributed by atoms with Gasteiger partial charge in [-0.1, -0.05) is 24.3 Å². The topological polar surface area (TPSA) is 53.2 Å². The van der Waals surface area contributed by atoms with Crippen molar-refractivity contribution in [2.24, 2.45) is 5.92 Å². The van der Waals surface area contributed by atoms with Crippen LogP contribution in [0.4, 0.5) is 17.1 Å². The molecule has 0 radical (unpaired) electrons. The van der Waals surface area contributed by atoms with Gasteiger partial charge in [-0.2, -0.15) is 0 Å². The van der Waals surface area contributed by atoms with Crippen LogP contribution in [0.5, 0.6) is 0 Å². The summed E-state index contributed by atoms with van der Waals surface area (Å²) >= 11 is 0. The molecule has 23 heavy (non-hydrogen) atoms. The molecule has 3 rings (SSSR count). The van der Waals surface area contributed by atoms with Crippen LogP contribution in [-0.2, 0) is 4.79 Å². The number of carbonyl (C=O) groups excluding carboxylic acids is 1. The fraction of sp³-hybridized carbons (Fsp3) is 0.278. The van der Waals surface area contributed by atoms with Crippen LogP contribution in [0.25, 0.3) is 0 Å². The number of benzene rings is 2. The van der Waals surface area contributed by atoms with E-state index in [9.17, 15) is 4.79 Å². The van der Waals surface area contributed by atoms with Gasteiger partial charge in [0.1, 0.15) is 0 Å². The Morgan fingerprint density at radius 2 is 1.57 bits per heavy atom. The number of piperidine rings is 1. The van der Waals surface area contributed by atoms with E-state index in [0.717, 1.165) is 43.0 Å². The van der Waals surface area contributed by atoms with E-state index in [4.69, 9.17) is 0 Å². The van der Waals surface area contributed by atoms with Gasteiger partial charge in [0.25, 0.3) is 0 Å². The van der Waals surface area contributed by atoms with Crippen LogP contribution < -0.4 is 16.0 Å². The van der Waals surface area contributed by atoms with E-state index in [2.05, 4.69) is 16.0 Å². The maximum absolute atomic E-state index is 12.3. The number of carbonyl (C=O) groups is 1. The Bertz CT molecular complexity index is 627. The number of hydrogen-bond donors (Lipinski definition) is 3. The van der Waals surface area contributed by atoms with Crippen molar-refractivity contribution in [3.8, 4) is 0 Å². The highest BCUT2D eigenvalue weighted by atomic mass is 35.5. The van der Waals surface area contributed by atoms with Crippen molar-refractivity contribution in [3.63, 3.8) is 0 Å². The number of nitrogens with one attached hydrogen (secondary N) is 3. The molecule has 1 heterocycles. The number of amides is 1. The van der Waals surface area contributed by atoms with Gasteiger partial charge in [0.05, 0.1) is 0 Å². The first-order valence-corrected chi connectivity index (χ1v) is 7.75. The van der Waals surface area contributed by atoms with E-state index >= 15 is 0 Å². The molecule has 1 amide bonds. The van der Waals surface area contributed by atoms with E-state index < -0.39 is 0 Å². The number of para-hydroxylation sites is 1. The Labute approximate surface area is 143 Å². The first-order chi connectivity index (χ1) is 10.8. The number of halogens is 1. The maximum atomic E-state index is 12.3. The minimum Gasteiger partial charge on any atom is -0.355 e. The predicted octanol–water partition coefficient (Wildman–Crippen LogP) is 3.79. The van der Waals surface area contributed by atoms with E-state index in [-0.39, 0.29) is 24.2 Å². The Balaban J connectivity index is 0.00000192. The third-order valence-corrected chi connectivity index (χ3v) is 3.90. The lowest BCUT2D eigenvalue weighted by atomic mass is 9.97. The maximum Gasteiger partial charge on any atom is 0.227 e. The number of anilines is 3. The lowest BCUT2D eigenvalue weighted by molar-refractivity contribution is -0.120. The predicted molar refractivity (Wildman–Crippen MR) is 97.6 cm³/mol. The highest BCUT2D eigenvalue weighted by Crippen LogP contribution is 2.21. The summed E-state index contributed by atoms with van der Waals surface area (Å²) in [6.45, 7) is 1.85. The van der Waals surface area contributed by atoms with Crippen molar-refractivity contribution < 1.29 is 4.79 Å². The van der Waals surface area contributed by atoms with Crippen LogP contribution in [-0.4, -0.2) is 19.0 Å². The Morgan fingerprint density at radius 3 is 2.30 bits per heavy atom. The normalized spacial score (nSPS) is 14.6. The molecule has 0 atom stereocenters. The van der Waals surface area contributed by atoms with E-state index in [1.165, 1.54) is 0 Å². The zero-order chi connectivity index (χ0) is 15.2. The molecule has 3 N–H and O–H groups in total. The summed E-state index contributed by atoms with van der Waals surface area (Å²) < 4.78 is 0. The van der Waals surface area contributed by atoms with Gasteiger partial charge >= 0.3 is 0 Å². The Kier molecular flexibility index (Phi) is 6.44. The smallest absolute Gasteiger partial charge is 0.227 e. The monoisotopic (exact) mass is 331 g/mol. The van der Waals surface area contributed by atoms with Crippen molar-refractivity contribution in [1.29, 1.82) is 0 Å². The summed E-state index contributed by atoms with van der Waals surface area (Å²) in [5, 5.41) is 9.65. The lowest BCUT2D eigenvalue weighted by Gasteiger charge is -2.21. The minimum absolute atomic E-state index is 0. The second kappa shape index (κ2) is 8.56.